The van der Waals surface area contributed by atoms with Gasteiger partial charge >= 0.3 is 0 Å². The number of rotatable bonds is 5. The highest BCUT2D eigenvalue weighted by Gasteiger charge is 2.07. The Bertz CT molecular complexity index is 878. The molecule has 3 aromatic rings. The Morgan fingerprint density at radius 1 is 1.29 bits per heavy atom. The van der Waals surface area contributed by atoms with E-state index in [1.54, 1.807) is 0 Å². The Labute approximate surface area is 144 Å². The lowest BCUT2D eigenvalue weighted by atomic mass is 10.2. The van der Waals surface area contributed by atoms with E-state index in [2.05, 4.69) is 15.5 Å². The smallest absolute Gasteiger partial charge is 0.250 e. The number of hydrogen-bond donors (Lipinski definition) is 1. The minimum absolute atomic E-state index is 0.0931. The van der Waals surface area contributed by atoms with Crippen molar-refractivity contribution in [3.8, 4) is 0 Å². The van der Waals surface area contributed by atoms with Crippen LogP contribution >= 0.6 is 23.1 Å². The molecule has 2 aromatic carbocycles. The van der Waals surface area contributed by atoms with Crippen LogP contribution in [-0.4, -0.2) is 22.9 Å². The Kier molecular flexibility index (Phi) is 5.17. The quantitative estimate of drug-likeness (QED) is 0.426. The number of carbonyl (C=O) groups is 1. The lowest BCUT2D eigenvalue weighted by Crippen LogP contribution is -2.19. The molecular weight excluding hydrogens is 352 g/mol. The van der Waals surface area contributed by atoms with Crippen molar-refractivity contribution in [3.05, 3.63) is 59.7 Å². The number of nitrogens with zero attached hydrogens (tertiary/aromatic N) is 2. The summed E-state index contributed by atoms with van der Waals surface area (Å²) in [7, 11) is 0. The molecule has 4 nitrogen and oxygen atoms in total. The molecule has 0 unspecified atom stereocenters. The van der Waals surface area contributed by atoms with Crippen molar-refractivity contribution < 1.29 is 13.6 Å². The van der Waals surface area contributed by atoms with Crippen LogP contribution in [0.4, 0.5) is 8.78 Å². The maximum Gasteiger partial charge on any atom is 0.250 e. The van der Waals surface area contributed by atoms with E-state index >= 15 is 0 Å². The number of benzene rings is 2. The van der Waals surface area contributed by atoms with E-state index in [1.807, 2.05) is 24.3 Å². The van der Waals surface area contributed by atoms with E-state index in [0.717, 1.165) is 32.9 Å². The van der Waals surface area contributed by atoms with Crippen molar-refractivity contribution in [3.63, 3.8) is 0 Å². The van der Waals surface area contributed by atoms with Crippen LogP contribution in [0.1, 0.15) is 5.56 Å². The summed E-state index contributed by atoms with van der Waals surface area (Å²) in [5, 5.41) is 3.67. The summed E-state index contributed by atoms with van der Waals surface area (Å²) in [6.07, 6.45) is 1.13. The first kappa shape index (κ1) is 16.5. The SMILES string of the molecule is O=C(CSc1nc2ccccc2s1)N/N=C\c1ccc(F)cc1F. The Morgan fingerprint density at radius 2 is 2.12 bits per heavy atom. The summed E-state index contributed by atoms with van der Waals surface area (Å²) >= 11 is 2.82. The van der Waals surface area contributed by atoms with E-state index in [-0.39, 0.29) is 17.2 Å². The monoisotopic (exact) mass is 363 g/mol. The van der Waals surface area contributed by atoms with E-state index in [4.69, 9.17) is 0 Å². The summed E-state index contributed by atoms with van der Waals surface area (Å²) in [6, 6.07) is 10.9. The van der Waals surface area contributed by atoms with Crippen LogP contribution in [0.3, 0.4) is 0 Å². The maximum atomic E-state index is 13.4. The lowest BCUT2D eigenvalue weighted by Gasteiger charge is -1.99. The van der Waals surface area contributed by atoms with Crippen LogP contribution in [0.15, 0.2) is 51.9 Å². The average Bonchev–Trinajstić information content (AvgIpc) is 2.98. The lowest BCUT2D eigenvalue weighted by molar-refractivity contribution is -0.118. The number of aromatic nitrogens is 1. The summed E-state index contributed by atoms with van der Waals surface area (Å²) in [6.45, 7) is 0. The third kappa shape index (κ3) is 4.15. The summed E-state index contributed by atoms with van der Waals surface area (Å²) in [5.74, 6) is -1.60. The summed E-state index contributed by atoms with van der Waals surface area (Å²) in [4.78, 5) is 16.1. The number of halogens is 2. The highest BCUT2D eigenvalue weighted by Crippen LogP contribution is 2.28. The minimum Gasteiger partial charge on any atom is -0.272 e. The van der Waals surface area contributed by atoms with Crippen LogP contribution in [0, 0.1) is 11.6 Å². The number of thiazole rings is 1. The molecule has 0 spiro atoms. The van der Waals surface area contributed by atoms with E-state index in [0.29, 0.717) is 0 Å². The molecule has 0 saturated heterocycles. The number of hydrogen-bond acceptors (Lipinski definition) is 5. The number of thioether (sulfide) groups is 1. The van der Waals surface area contributed by atoms with Crippen molar-refractivity contribution in [2.24, 2.45) is 5.10 Å². The molecule has 0 radical (unpaired) electrons. The zero-order valence-electron chi connectivity index (χ0n) is 12.2. The predicted molar refractivity (Wildman–Crippen MR) is 92.4 cm³/mol. The van der Waals surface area contributed by atoms with Crippen LogP contribution in [0.2, 0.25) is 0 Å². The molecule has 0 fully saturated rings. The Hall–Kier alpha value is -2.32. The molecule has 8 heteroatoms. The third-order valence-corrected chi connectivity index (χ3v) is 5.14. The molecule has 0 atom stereocenters. The average molecular weight is 363 g/mol. The van der Waals surface area contributed by atoms with E-state index in [1.165, 1.54) is 29.2 Å². The van der Waals surface area contributed by atoms with Crippen LogP contribution in [-0.2, 0) is 4.79 Å². The zero-order chi connectivity index (χ0) is 16.9. The number of amides is 1. The van der Waals surface area contributed by atoms with Crippen LogP contribution in [0.25, 0.3) is 10.2 Å². The molecule has 1 heterocycles. The molecule has 0 aliphatic heterocycles. The molecule has 0 aliphatic carbocycles. The molecule has 0 saturated carbocycles. The van der Waals surface area contributed by atoms with Gasteiger partial charge in [-0.1, -0.05) is 23.9 Å². The standard InChI is InChI=1S/C16H11F2N3OS2/c17-11-6-5-10(12(18)7-11)8-19-21-15(22)9-23-16-20-13-3-1-2-4-14(13)24-16/h1-8H,9H2,(H,21,22)/b19-8-. The number of carbonyl (C=O) groups excluding carboxylic acids is 1. The fraction of sp³-hybridized carbons (Fsp3) is 0.0625. The molecular formula is C16H11F2N3OS2. The summed E-state index contributed by atoms with van der Waals surface area (Å²) in [5.41, 5.74) is 3.29. The molecule has 1 N–H and O–H groups in total. The van der Waals surface area contributed by atoms with Gasteiger partial charge in [0.2, 0.25) is 0 Å². The van der Waals surface area contributed by atoms with Gasteiger partial charge in [0, 0.05) is 11.6 Å². The maximum absolute atomic E-state index is 13.4. The van der Waals surface area contributed by atoms with Gasteiger partial charge in [0.25, 0.3) is 5.91 Å². The molecule has 0 bridgehead atoms. The van der Waals surface area contributed by atoms with Gasteiger partial charge in [-0.15, -0.1) is 11.3 Å². The highest BCUT2D eigenvalue weighted by molar-refractivity contribution is 8.01. The second kappa shape index (κ2) is 7.50. The Balaban J connectivity index is 1.53. The first-order chi connectivity index (χ1) is 11.6. The first-order valence-electron chi connectivity index (χ1n) is 6.87. The molecule has 3 rings (SSSR count). The minimum atomic E-state index is -0.739. The van der Waals surface area contributed by atoms with E-state index in [9.17, 15) is 13.6 Å². The summed E-state index contributed by atoms with van der Waals surface area (Å²) < 4.78 is 28.0. The molecule has 24 heavy (non-hydrogen) atoms. The van der Waals surface area contributed by atoms with Crippen LogP contribution in [0.5, 0.6) is 0 Å². The van der Waals surface area contributed by atoms with Crippen molar-refractivity contribution in [1.82, 2.24) is 10.4 Å². The molecule has 1 aromatic heterocycles. The van der Waals surface area contributed by atoms with Gasteiger partial charge in [0.15, 0.2) is 4.34 Å². The zero-order valence-corrected chi connectivity index (χ0v) is 13.8. The second-order valence-electron chi connectivity index (χ2n) is 4.70. The normalized spacial score (nSPS) is 11.2. The van der Waals surface area contributed by atoms with Crippen molar-refractivity contribution in [1.29, 1.82) is 0 Å². The first-order valence-corrected chi connectivity index (χ1v) is 8.67. The number of nitrogens with one attached hydrogen (secondary N) is 1. The van der Waals surface area contributed by atoms with Gasteiger partial charge in [-0.3, -0.25) is 4.79 Å². The number of hydrazone groups is 1. The van der Waals surface area contributed by atoms with E-state index < -0.39 is 11.6 Å². The third-order valence-electron chi connectivity index (χ3n) is 2.96. The van der Waals surface area contributed by atoms with Gasteiger partial charge < -0.3 is 0 Å². The highest BCUT2D eigenvalue weighted by atomic mass is 32.2. The topological polar surface area (TPSA) is 54.4 Å². The molecule has 122 valence electrons. The Morgan fingerprint density at radius 3 is 2.92 bits per heavy atom. The predicted octanol–water partition coefficient (Wildman–Crippen LogP) is 3.82. The van der Waals surface area contributed by atoms with Gasteiger partial charge in [-0.2, -0.15) is 5.10 Å². The number of fused-ring (bicyclic) bond motifs is 1. The van der Waals surface area contributed by atoms with Crippen molar-refractivity contribution >= 4 is 45.4 Å². The van der Waals surface area contributed by atoms with Crippen LogP contribution < -0.4 is 5.43 Å². The van der Waals surface area contributed by atoms with Gasteiger partial charge in [-0.25, -0.2) is 19.2 Å². The molecule has 0 aliphatic rings. The van der Waals surface area contributed by atoms with Gasteiger partial charge in [0.05, 0.1) is 22.2 Å². The largest absolute Gasteiger partial charge is 0.272 e. The van der Waals surface area contributed by atoms with Crippen molar-refractivity contribution in [2.75, 3.05) is 5.75 Å². The second-order valence-corrected chi connectivity index (χ2v) is 6.95. The number of para-hydroxylation sites is 1. The molecule has 1 amide bonds. The van der Waals surface area contributed by atoms with Crippen molar-refractivity contribution in [2.45, 2.75) is 4.34 Å². The van der Waals surface area contributed by atoms with Gasteiger partial charge in [0.1, 0.15) is 11.6 Å². The van der Waals surface area contributed by atoms with Gasteiger partial charge in [-0.05, 0) is 24.3 Å². The fourth-order valence-corrected chi connectivity index (χ4v) is 3.71. The fourth-order valence-electron chi connectivity index (χ4n) is 1.85.